The number of methoxy groups -OCH3 is 1. The van der Waals surface area contributed by atoms with Crippen molar-refractivity contribution in [2.45, 2.75) is 26.8 Å². The average Bonchev–Trinajstić information content (AvgIpc) is 2.49. The largest absolute Gasteiger partial charge is 0.497 e. The van der Waals surface area contributed by atoms with Crippen LogP contribution in [-0.4, -0.2) is 24.3 Å². The molecule has 118 valence electrons. The minimum atomic E-state index is -0.393. The zero-order valence-corrected chi connectivity index (χ0v) is 13.2. The van der Waals surface area contributed by atoms with Crippen molar-refractivity contribution in [3.05, 3.63) is 40.8 Å². The molecule has 0 spiro atoms. The maximum Gasteiger partial charge on any atom is 0.326 e. The van der Waals surface area contributed by atoms with Gasteiger partial charge in [0.15, 0.2) is 0 Å². The van der Waals surface area contributed by atoms with E-state index in [9.17, 15) is 9.59 Å². The van der Waals surface area contributed by atoms with Crippen molar-refractivity contribution in [1.29, 1.82) is 0 Å². The molecule has 5 nitrogen and oxygen atoms in total. The van der Waals surface area contributed by atoms with Gasteiger partial charge in [0.05, 0.1) is 13.7 Å². The predicted octanol–water partition coefficient (Wildman–Crippen LogP) is 2.60. The summed E-state index contributed by atoms with van der Waals surface area (Å²) in [5, 5.41) is 1.34. The van der Waals surface area contributed by atoms with Crippen LogP contribution < -0.4 is 10.3 Å². The number of rotatable bonds is 6. The molecule has 1 heterocycles. The molecular formula is C17H21NO4. The Hall–Kier alpha value is -2.30. The van der Waals surface area contributed by atoms with E-state index >= 15 is 0 Å². The molecule has 0 aliphatic rings. The molecule has 0 saturated heterocycles. The van der Waals surface area contributed by atoms with Gasteiger partial charge in [-0.15, -0.1) is 0 Å². The molecule has 0 aliphatic heterocycles. The van der Waals surface area contributed by atoms with E-state index in [4.69, 9.17) is 9.47 Å². The molecule has 0 amide bonds. The summed E-state index contributed by atoms with van der Waals surface area (Å²) in [6.45, 7) is 4.45. The normalized spacial score (nSPS) is 10.9. The second kappa shape index (κ2) is 7.11. The van der Waals surface area contributed by atoms with Crippen LogP contribution in [-0.2, 0) is 16.1 Å². The number of aromatic nitrogens is 1. The van der Waals surface area contributed by atoms with Crippen molar-refractivity contribution < 1.29 is 14.3 Å². The first-order valence-electron chi connectivity index (χ1n) is 7.34. The molecule has 0 fully saturated rings. The smallest absolute Gasteiger partial charge is 0.326 e. The highest BCUT2D eigenvalue weighted by molar-refractivity contribution is 5.83. The average molecular weight is 303 g/mol. The fraction of sp³-hybridized carbons (Fsp3) is 0.412. The highest BCUT2D eigenvalue weighted by atomic mass is 16.5. The maximum absolute atomic E-state index is 12.4. The summed E-state index contributed by atoms with van der Waals surface area (Å²) in [4.78, 5) is 24.1. The lowest BCUT2D eigenvalue weighted by Gasteiger charge is -2.09. The quantitative estimate of drug-likeness (QED) is 0.770. The van der Waals surface area contributed by atoms with Crippen LogP contribution in [0.2, 0.25) is 0 Å². The molecule has 0 bridgehead atoms. The fourth-order valence-electron chi connectivity index (χ4n) is 2.11. The lowest BCUT2D eigenvalue weighted by Crippen LogP contribution is -2.25. The zero-order valence-electron chi connectivity index (χ0n) is 13.2. The highest BCUT2D eigenvalue weighted by Gasteiger charge is 2.09. The Kier molecular flexibility index (Phi) is 5.20. The monoisotopic (exact) mass is 303 g/mol. The molecule has 22 heavy (non-hydrogen) atoms. The van der Waals surface area contributed by atoms with Crippen LogP contribution in [0.1, 0.15) is 20.3 Å². The van der Waals surface area contributed by atoms with Crippen molar-refractivity contribution in [2.75, 3.05) is 13.7 Å². The molecule has 0 N–H and O–H groups in total. The van der Waals surface area contributed by atoms with Gasteiger partial charge in [-0.3, -0.25) is 9.59 Å². The first-order valence-corrected chi connectivity index (χ1v) is 7.34. The standard InChI is InChI=1S/C17H21NO4/c1-12(2)7-9-22-16(19)11-18-8-6-13-10-14(21-3)4-5-15(13)17(18)20/h4-6,8,10,12H,7,9,11H2,1-3H3. The van der Waals surface area contributed by atoms with E-state index < -0.39 is 5.97 Å². The summed E-state index contributed by atoms with van der Waals surface area (Å²) in [6, 6.07) is 7.02. The van der Waals surface area contributed by atoms with Gasteiger partial charge in [0.25, 0.3) is 5.56 Å². The summed E-state index contributed by atoms with van der Waals surface area (Å²) in [6.07, 6.45) is 2.42. The number of ether oxygens (including phenoxy) is 2. The Morgan fingerprint density at radius 2 is 2.05 bits per heavy atom. The number of hydrogen-bond acceptors (Lipinski definition) is 4. The van der Waals surface area contributed by atoms with Gasteiger partial charge in [-0.05, 0) is 42.0 Å². The van der Waals surface area contributed by atoms with Crippen LogP contribution in [0.25, 0.3) is 10.8 Å². The molecule has 0 radical (unpaired) electrons. The van der Waals surface area contributed by atoms with Crippen LogP contribution >= 0.6 is 0 Å². The number of pyridine rings is 1. The van der Waals surface area contributed by atoms with E-state index in [1.807, 2.05) is 0 Å². The summed E-state index contributed by atoms with van der Waals surface area (Å²) in [5.41, 5.74) is -0.207. The molecule has 0 aliphatic carbocycles. The van der Waals surface area contributed by atoms with Crippen LogP contribution in [0, 0.1) is 5.92 Å². The van der Waals surface area contributed by atoms with E-state index in [2.05, 4.69) is 13.8 Å². The van der Waals surface area contributed by atoms with E-state index in [-0.39, 0.29) is 12.1 Å². The van der Waals surface area contributed by atoms with Gasteiger partial charge in [-0.2, -0.15) is 0 Å². The van der Waals surface area contributed by atoms with Gasteiger partial charge >= 0.3 is 5.97 Å². The third-order valence-corrected chi connectivity index (χ3v) is 3.44. The minimum absolute atomic E-state index is 0.0705. The molecule has 1 aromatic carbocycles. The van der Waals surface area contributed by atoms with Gasteiger partial charge in [0, 0.05) is 11.6 Å². The molecule has 1 aromatic heterocycles. The highest BCUT2D eigenvalue weighted by Crippen LogP contribution is 2.17. The molecule has 0 saturated carbocycles. The summed E-state index contributed by atoms with van der Waals surface area (Å²) in [5.74, 6) is 0.777. The summed E-state index contributed by atoms with van der Waals surface area (Å²) in [7, 11) is 1.58. The zero-order chi connectivity index (χ0) is 16.1. The fourth-order valence-corrected chi connectivity index (χ4v) is 2.11. The van der Waals surface area contributed by atoms with Gasteiger partial charge in [-0.25, -0.2) is 0 Å². The van der Waals surface area contributed by atoms with Crippen LogP contribution in [0.5, 0.6) is 5.75 Å². The van der Waals surface area contributed by atoms with Crippen LogP contribution in [0.4, 0.5) is 0 Å². The van der Waals surface area contributed by atoms with Crippen LogP contribution in [0.3, 0.4) is 0 Å². The minimum Gasteiger partial charge on any atom is -0.497 e. The molecule has 0 atom stereocenters. The van der Waals surface area contributed by atoms with Crippen molar-refractivity contribution >= 4 is 16.7 Å². The van der Waals surface area contributed by atoms with Crippen molar-refractivity contribution in [3.63, 3.8) is 0 Å². The van der Waals surface area contributed by atoms with E-state index in [1.165, 1.54) is 4.57 Å². The van der Waals surface area contributed by atoms with Gasteiger partial charge in [0.1, 0.15) is 12.3 Å². The number of fused-ring (bicyclic) bond motifs is 1. The summed E-state index contributed by atoms with van der Waals surface area (Å²) >= 11 is 0. The molecule has 2 aromatic rings. The number of esters is 1. The number of carbonyl (C=O) groups excluding carboxylic acids is 1. The van der Waals surface area contributed by atoms with Gasteiger partial charge in [0.2, 0.25) is 0 Å². The Labute approximate surface area is 129 Å². The molecule has 2 rings (SSSR count). The molecule has 0 unspecified atom stereocenters. The number of hydrogen-bond donors (Lipinski definition) is 0. The number of carbonyl (C=O) groups is 1. The van der Waals surface area contributed by atoms with Gasteiger partial charge < -0.3 is 14.0 Å². The maximum atomic E-state index is 12.4. The lowest BCUT2D eigenvalue weighted by molar-refractivity contribution is -0.144. The second-order valence-electron chi connectivity index (χ2n) is 5.60. The predicted molar refractivity (Wildman–Crippen MR) is 85.2 cm³/mol. The number of nitrogens with zero attached hydrogens (tertiary/aromatic N) is 1. The molecular weight excluding hydrogens is 282 g/mol. The van der Waals surface area contributed by atoms with E-state index in [1.54, 1.807) is 37.6 Å². The Morgan fingerprint density at radius 1 is 1.27 bits per heavy atom. The first-order chi connectivity index (χ1) is 10.5. The Morgan fingerprint density at radius 3 is 2.73 bits per heavy atom. The van der Waals surface area contributed by atoms with Crippen molar-refractivity contribution in [2.24, 2.45) is 5.92 Å². The van der Waals surface area contributed by atoms with Gasteiger partial charge in [-0.1, -0.05) is 13.8 Å². The van der Waals surface area contributed by atoms with Crippen molar-refractivity contribution in [3.8, 4) is 5.75 Å². The van der Waals surface area contributed by atoms with Crippen molar-refractivity contribution in [1.82, 2.24) is 4.57 Å². The van der Waals surface area contributed by atoms with E-state index in [0.717, 1.165) is 11.8 Å². The van der Waals surface area contributed by atoms with Crippen LogP contribution in [0.15, 0.2) is 35.3 Å². The second-order valence-corrected chi connectivity index (χ2v) is 5.60. The Balaban J connectivity index is 2.13. The number of benzene rings is 1. The third kappa shape index (κ3) is 3.87. The molecule has 5 heteroatoms. The lowest BCUT2D eigenvalue weighted by atomic mass is 10.1. The first kappa shape index (κ1) is 16.1. The Bertz CT molecular complexity index is 718. The summed E-state index contributed by atoms with van der Waals surface area (Å²) < 4.78 is 11.6. The topological polar surface area (TPSA) is 57.5 Å². The SMILES string of the molecule is COc1ccc2c(=O)n(CC(=O)OCCC(C)C)ccc2c1. The third-order valence-electron chi connectivity index (χ3n) is 3.44. The van der Waals surface area contributed by atoms with E-state index in [0.29, 0.717) is 23.7 Å².